The molecule has 0 radical (unpaired) electrons. The highest BCUT2D eigenvalue weighted by Gasteiger charge is 2.12. The van der Waals surface area contributed by atoms with Crippen LogP contribution < -0.4 is 15.8 Å². The molecule has 0 bridgehead atoms. The largest absolute Gasteiger partial charge is 0.491 e. The molecule has 4 nitrogen and oxygen atoms in total. The molecule has 0 saturated carbocycles. The molecule has 0 aromatic heterocycles. The molecule has 0 unspecified atom stereocenters. The van der Waals surface area contributed by atoms with E-state index < -0.39 is 5.82 Å². The van der Waals surface area contributed by atoms with Crippen LogP contribution in [0.25, 0.3) is 0 Å². The van der Waals surface area contributed by atoms with E-state index in [1.54, 1.807) is 31.2 Å². The second kappa shape index (κ2) is 9.75. The third-order valence-electron chi connectivity index (χ3n) is 3.26. The van der Waals surface area contributed by atoms with Gasteiger partial charge in [-0.25, -0.2) is 4.39 Å². The van der Waals surface area contributed by atoms with Crippen LogP contribution in [0.1, 0.15) is 39.7 Å². The van der Waals surface area contributed by atoms with Gasteiger partial charge >= 0.3 is 0 Å². The molecule has 0 aliphatic carbocycles. The van der Waals surface area contributed by atoms with Gasteiger partial charge in [-0.2, -0.15) is 0 Å². The minimum Gasteiger partial charge on any atom is -0.491 e. The number of hydrogen-bond acceptors (Lipinski definition) is 3. The first-order chi connectivity index (χ1) is 11.4. The van der Waals surface area contributed by atoms with Crippen molar-refractivity contribution in [3.63, 3.8) is 0 Å². The summed E-state index contributed by atoms with van der Waals surface area (Å²) in [7, 11) is 0. The zero-order chi connectivity index (χ0) is 18.1. The summed E-state index contributed by atoms with van der Waals surface area (Å²) >= 11 is 0. The molecule has 0 aliphatic heterocycles. The van der Waals surface area contributed by atoms with Gasteiger partial charge in [0.2, 0.25) is 0 Å². The molecule has 0 fully saturated rings. The van der Waals surface area contributed by atoms with Crippen LogP contribution in [0.2, 0.25) is 0 Å². The Morgan fingerprint density at radius 3 is 2.71 bits per heavy atom. The minimum absolute atomic E-state index is 0.0697. The van der Waals surface area contributed by atoms with Crippen LogP contribution in [0.3, 0.4) is 0 Å². The minimum atomic E-state index is -0.445. The van der Waals surface area contributed by atoms with Crippen molar-refractivity contribution in [2.75, 3.05) is 6.61 Å². The Hall–Kier alpha value is -2.30. The van der Waals surface area contributed by atoms with E-state index in [4.69, 9.17) is 10.5 Å². The molecule has 0 aliphatic rings. The van der Waals surface area contributed by atoms with Crippen molar-refractivity contribution in [3.05, 3.63) is 53.0 Å². The molecule has 1 aromatic carbocycles. The maximum absolute atomic E-state index is 14.3. The number of allylic oxidation sites excluding steroid dienone is 2. The molecular weight excluding hydrogens is 307 g/mol. The Labute approximate surface area is 143 Å². The fourth-order valence-corrected chi connectivity index (χ4v) is 1.96. The molecular formula is C19H27FN2O2. The maximum atomic E-state index is 14.3. The molecule has 132 valence electrons. The number of nitrogens with two attached hydrogens (primary N) is 1. The number of nitrogens with one attached hydrogen (secondary N) is 1. The summed E-state index contributed by atoms with van der Waals surface area (Å²) in [5.74, 6) is -0.267. The molecule has 5 heteroatoms. The molecule has 3 N–H and O–H groups in total. The highest BCUT2D eigenvalue weighted by Crippen LogP contribution is 2.20. The topological polar surface area (TPSA) is 64.3 Å². The van der Waals surface area contributed by atoms with Gasteiger partial charge in [-0.1, -0.05) is 45.1 Å². The van der Waals surface area contributed by atoms with E-state index in [9.17, 15) is 9.18 Å². The quantitative estimate of drug-likeness (QED) is 0.563. The normalized spacial score (nSPS) is 12.4. The molecule has 0 spiro atoms. The van der Waals surface area contributed by atoms with Crippen molar-refractivity contribution in [3.8, 4) is 5.75 Å². The van der Waals surface area contributed by atoms with Gasteiger partial charge in [0.1, 0.15) is 0 Å². The van der Waals surface area contributed by atoms with Crippen LogP contribution in [-0.2, 0) is 11.3 Å². The third kappa shape index (κ3) is 6.07. The van der Waals surface area contributed by atoms with Gasteiger partial charge in [0.05, 0.1) is 12.2 Å². The molecule has 1 aromatic rings. The first-order valence-electron chi connectivity index (χ1n) is 8.19. The summed E-state index contributed by atoms with van der Waals surface area (Å²) in [6.07, 6.45) is 4.39. The van der Waals surface area contributed by atoms with E-state index >= 15 is 0 Å². The number of amides is 1. The smallest absolute Gasteiger partial charge is 0.253 e. The van der Waals surface area contributed by atoms with Crippen molar-refractivity contribution in [1.82, 2.24) is 5.32 Å². The van der Waals surface area contributed by atoms with E-state index in [0.29, 0.717) is 29.4 Å². The van der Waals surface area contributed by atoms with E-state index in [0.717, 1.165) is 6.42 Å². The van der Waals surface area contributed by atoms with Crippen LogP contribution in [0.4, 0.5) is 4.39 Å². The lowest BCUT2D eigenvalue weighted by atomic mass is 10.1. The highest BCUT2D eigenvalue weighted by molar-refractivity contribution is 5.96. The fraction of sp³-hybridized carbons (Fsp3) is 0.421. The van der Waals surface area contributed by atoms with Crippen molar-refractivity contribution in [1.29, 1.82) is 0 Å². The SMILES string of the molecule is CCCOc1cccc(CNC(=O)C(/C=C\C(C)C)=C(/C)N)c1F. The monoisotopic (exact) mass is 334 g/mol. The first-order valence-corrected chi connectivity index (χ1v) is 8.19. The second-order valence-corrected chi connectivity index (χ2v) is 5.96. The van der Waals surface area contributed by atoms with Gasteiger partial charge in [-0.3, -0.25) is 4.79 Å². The predicted octanol–water partition coefficient (Wildman–Crippen LogP) is 3.68. The van der Waals surface area contributed by atoms with Gasteiger partial charge in [0.15, 0.2) is 11.6 Å². The van der Waals surface area contributed by atoms with Crippen LogP contribution in [0, 0.1) is 11.7 Å². The lowest BCUT2D eigenvalue weighted by Gasteiger charge is -2.11. The summed E-state index contributed by atoms with van der Waals surface area (Å²) in [6, 6.07) is 4.91. The zero-order valence-corrected chi connectivity index (χ0v) is 14.9. The van der Waals surface area contributed by atoms with Crippen molar-refractivity contribution < 1.29 is 13.9 Å². The van der Waals surface area contributed by atoms with Gasteiger partial charge in [-0.05, 0) is 25.3 Å². The number of rotatable bonds is 8. The molecule has 0 atom stereocenters. The zero-order valence-electron chi connectivity index (χ0n) is 14.9. The number of carbonyl (C=O) groups excluding carboxylic acids is 1. The van der Waals surface area contributed by atoms with Crippen LogP contribution in [-0.4, -0.2) is 12.5 Å². The van der Waals surface area contributed by atoms with Gasteiger partial charge in [0, 0.05) is 17.8 Å². The fourth-order valence-electron chi connectivity index (χ4n) is 1.96. The van der Waals surface area contributed by atoms with Gasteiger partial charge in [-0.15, -0.1) is 0 Å². The standard InChI is InChI=1S/C19H27FN2O2/c1-5-11-24-17-8-6-7-15(18(17)20)12-22-19(23)16(14(4)21)10-9-13(2)3/h6-10,13H,5,11-12,21H2,1-4H3,(H,22,23)/b10-9-,16-14-. The Morgan fingerprint density at radius 1 is 1.42 bits per heavy atom. The summed E-state index contributed by atoms with van der Waals surface area (Å²) < 4.78 is 19.7. The maximum Gasteiger partial charge on any atom is 0.253 e. The Balaban J connectivity index is 2.81. The van der Waals surface area contributed by atoms with Crippen molar-refractivity contribution >= 4 is 5.91 Å². The van der Waals surface area contributed by atoms with E-state index in [1.165, 1.54) is 0 Å². The van der Waals surface area contributed by atoms with Crippen molar-refractivity contribution in [2.24, 2.45) is 11.7 Å². The molecule has 1 amide bonds. The van der Waals surface area contributed by atoms with Crippen molar-refractivity contribution in [2.45, 2.75) is 40.7 Å². The first kappa shape index (κ1) is 19.7. The van der Waals surface area contributed by atoms with Gasteiger partial charge in [0.25, 0.3) is 5.91 Å². The molecule has 24 heavy (non-hydrogen) atoms. The lowest BCUT2D eigenvalue weighted by Crippen LogP contribution is -2.26. The average molecular weight is 334 g/mol. The van der Waals surface area contributed by atoms with E-state index in [-0.39, 0.29) is 18.2 Å². The second-order valence-electron chi connectivity index (χ2n) is 5.96. The Bertz CT molecular complexity index is 618. The number of ether oxygens (including phenoxy) is 1. The average Bonchev–Trinajstić information content (AvgIpc) is 2.52. The van der Waals surface area contributed by atoms with Gasteiger partial charge < -0.3 is 15.8 Å². The molecule has 0 saturated heterocycles. The number of hydrogen-bond donors (Lipinski definition) is 2. The summed E-state index contributed by atoms with van der Waals surface area (Å²) in [6.45, 7) is 8.16. The summed E-state index contributed by atoms with van der Waals surface area (Å²) in [5, 5.41) is 2.70. The van der Waals surface area contributed by atoms with Crippen LogP contribution in [0.15, 0.2) is 41.6 Å². The lowest BCUT2D eigenvalue weighted by molar-refractivity contribution is -0.117. The van der Waals surface area contributed by atoms with Crippen LogP contribution >= 0.6 is 0 Å². The number of benzene rings is 1. The molecule has 0 heterocycles. The molecule has 1 rings (SSSR count). The van der Waals surface area contributed by atoms with E-state index in [2.05, 4.69) is 5.32 Å². The number of halogens is 1. The third-order valence-corrected chi connectivity index (χ3v) is 3.26. The predicted molar refractivity (Wildman–Crippen MR) is 94.9 cm³/mol. The number of carbonyl (C=O) groups is 1. The summed E-state index contributed by atoms with van der Waals surface area (Å²) in [4.78, 5) is 12.3. The summed E-state index contributed by atoms with van der Waals surface area (Å²) in [5.41, 5.74) is 6.96. The Morgan fingerprint density at radius 2 is 2.12 bits per heavy atom. The Kier molecular flexibility index (Phi) is 8.02. The van der Waals surface area contributed by atoms with Crippen LogP contribution in [0.5, 0.6) is 5.75 Å². The highest BCUT2D eigenvalue weighted by atomic mass is 19.1. The van der Waals surface area contributed by atoms with E-state index in [1.807, 2.05) is 26.8 Å².